The Hall–Kier alpha value is -3.22. The third-order valence-electron chi connectivity index (χ3n) is 7.37. The summed E-state index contributed by atoms with van der Waals surface area (Å²) in [5.74, 6) is -0.604. The van der Waals surface area contributed by atoms with Crippen molar-refractivity contribution in [2.24, 2.45) is 0 Å². The molecule has 0 aliphatic carbocycles. The maximum absolute atomic E-state index is 14.5. The lowest BCUT2D eigenvalue weighted by Gasteiger charge is -2.30. The Bertz CT molecular complexity index is 1250. The van der Waals surface area contributed by atoms with E-state index in [0.29, 0.717) is 39.0 Å². The van der Waals surface area contributed by atoms with Crippen LogP contribution in [-0.4, -0.2) is 53.8 Å². The highest BCUT2D eigenvalue weighted by molar-refractivity contribution is 6.31. The number of anilines is 1. The first-order valence-corrected chi connectivity index (χ1v) is 14.1. The number of fused-ring (bicyclic) bond motifs is 1. The molecule has 4 rings (SSSR count). The molecule has 39 heavy (non-hydrogen) atoms. The topological polar surface area (TPSA) is 43.9 Å². The van der Waals surface area contributed by atoms with Gasteiger partial charge in [0.1, 0.15) is 5.82 Å². The van der Waals surface area contributed by atoms with Crippen LogP contribution in [0.5, 0.6) is 0 Å². The molecule has 1 aliphatic heterocycles. The van der Waals surface area contributed by atoms with Crippen molar-refractivity contribution in [3.63, 3.8) is 0 Å². The molecular formula is C32H37ClFN3O2. The number of benzene rings is 3. The Morgan fingerprint density at radius 1 is 0.872 bits per heavy atom. The van der Waals surface area contributed by atoms with E-state index in [2.05, 4.69) is 18.7 Å². The summed E-state index contributed by atoms with van der Waals surface area (Å²) in [6, 6.07) is 22.6. The van der Waals surface area contributed by atoms with E-state index < -0.39 is 5.82 Å². The standard InChI is InChI=1S/C32H37ClFN3O2/c1-24(2)35-18-9-19-37(31(38)17-16-25-10-4-3-5-11-25)30-15-7-6-12-26(30)23-36(21-20-35)32(39)22-27-28(33)13-8-14-29(27)34/h3-8,10-15,24H,9,16-23H2,1-2H3. The van der Waals surface area contributed by atoms with E-state index in [0.717, 1.165) is 29.8 Å². The quantitative estimate of drug-likeness (QED) is 0.371. The first-order chi connectivity index (χ1) is 18.8. The largest absolute Gasteiger partial charge is 0.337 e. The molecule has 0 atom stereocenters. The van der Waals surface area contributed by atoms with Gasteiger partial charge in [-0.3, -0.25) is 14.5 Å². The molecule has 3 aromatic rings. The van der Waals surface area contributed by atoms with Crippen LogP contribution in [-0.2, 0) is 29.0 Å². The molecule has 3 aromatic carbocycles. The van der Waals surface area contributed by atoms with Gasteiger partial charge in [0.15, 0.2) is 0 Å². The smallest absolute Gasteiger partial charge is 0.227 e. The van der Waals surface area contributed by atoms with E-state index in [4.69, 9.17) is 11.6 Å². The highest BCUT2D eigenvalue weighted by Crippen LogP contribution is 2.26. The van der Waals surface area contributed by atoms with Crippen molar-refractivity contribution in [1.82, 2.24) is 9.80 Å². The lowest BCUT2D eigenvalue weighted by atomic mass is 10.1. The molecule has 1 heterocycles. The second-order valence-electron chi connectivity index (χ2n) is 10.3. The van der Waals surface area contributed by atoms with Gasteiger partial charge < -0.3 is 9.80 Å². The fourth-order valence-electron chi connectivity index (χ4n) is 5.09. The van der Waals surface area contributed by atoms with E-state index in [9.17, 15) is 14.0 Å². The Morgan fingerprint density at radius 3 is 2.36 bits per heavy atom. The molecule has 0 fully saturated rings. The zero-order chi connectivity index (χ0) is 27.8. The Kier molecular flexibility index (Phi) is 10.1. The van der Waals surface area contributed by atoms with Gasteiger partial charge in [-0.2, -0.15) is 0 Å². The summed E-state index contributed by atoms with van der Waals surface area (Å²) in [4.78, 5) is 33.2. The minimum atomic E-state index is -0.479. The highest BCUT2D eigenvalue weighted by Gasteiger charge is 2.25. The van der Waals surface area contributed by atoms with Crippen LogP contribution >= 0.6 is 11.6 Å². The van der Waals surface area contributed by atoms with Crippen LogP contribution in [0.15, 0.2) is 72.8 Å². The molecule has 7 heteroatoms. The average molecular weight is 550 g/mol. The van der Waals surface area contributed by atoms with Crippen LogP contribution in [0, 0.1) is 5.82 Å². The zero-order valence-electron chi connectivity index (χ0n) is 22.8. The third-order valence-corrected chi connectivity index (χ3v) is 7.73. The van der Waals surface area contributed by atoms with Crippen LogP contribution in [0.2, 0.25) is 5.02 Å². The molecule has 0 unspecified atom stereocenters. The Balaban J connectivity index is 1.62. The molecule has 0 N–H and O–H groups in total. The van der Waals surface area contributed by atoms with Crippen molar-refractivity contribution in [2.75, 3.05) is 31.1 Å². The van der Waals surface area contributed by atoms with E-state index in [1.165, 1.54) is 6.07 Å². The fourth-order valence-corrected chi connectivity index (χ4v) is 5.32. The van der Waals surface area contributed by atoms with E-state index >= 15 is 0 Å². The first kappa shape index (κ1) is 28.8. The molecule has 0 saturated heterocycles. The fraction of sp³-hybridized carbons (Fsp3) is 0.375. The van der Waals surface area contributed by atoms with Gasteiger partial charge in [0.05, 0.1) is 6.42 Å². The molecule has 0 saturated carbocycles. The van der Waals surface area contributed by atoms with E-state index in [1.807, 2.05) is 59.5 Å². The normalized spacial score (nSPS) is 15.1. The number of halogens is 2. The monoisotopic (exact) mass is 549 g/mol. The molecule has 0 aromatic heterocycles. The van der Waals surface area contributed by atoms with Gasteiger partial charge in [-0.15, -0.1) is 0 Å². The molecule has 206 valence electrons. The van der Waals surface area contributed by atoms with Gasteiger partial charge in [0.2, 0.25) is 11.8 Å². The van der Waals surface area contributed by atoms with E-state index in [-0.39, 0.29) is 34.9 Å². The molecule has 1 aliphatic rings. The summed E-state index contributed by atoms with van der Waals surface area (Å²) in [6.45, 7) is 7.22. The summed E-state index contributed by atoms with van der Waals surface area (Å²) >= 11 is 6.25. The number of nitrogens with zero attached hydrogens (tertiary/aromatic N) is 3. The van der Waals surface area contributed by atoms with Gasteiger partial charge in [-0.1, -0.05) is 66.2 Å². The summed E-state index contributed by atoms with van der Waals surface area (Å²) in [5, 5.41) is 0.251. The molecule has 0 radical (unpaired) electrons. The lowest BCUT2D eigenvalue weighted by Crippen LogP contribution is -2.42. The van der Waals surface area contributed by atoms with Crippen LogP contribution in [0.1, 0.15) is 43.4 Å². The second-order valence-corrected chi connectivity index (χ2v) is 10.7. The molecule has 5 nitrogen and oxygen atoms in total. The SMILES string of the molecule is CC(C)N1CCCN(C(=O)CCc2ccccc2)c2ccccc2CN(C(=O)Cc2c(F)cccc2Cl)CC1. The van der Waals surface area contributed by atoms with Crippen molar-refractivity contribution < 1.29 is 14.0 Å². The van der Waals surface area contributed by atoms with Gasteiger partial charge >= 0.3 is 0 Å². The summed E-state index contributed by atoms with van der Waals surface area (Å²) < 4.78 is 14.5. The third kappa shape index (κ3) is 7.68. The van der Waals surface area contributed by atoms with Gasteiger partial charge in [0, 0.05) is 61.5 Å². The summed E-state index contributed by atoms with van der Waals surface area (Å²) in [5.41, 5.74) is 3.07. The van der Waals surface area contributed by atoms with Crippen molar-refractivity contribution in [3.8, 4) is 0 Å². The van der Waals surface area contributed by atoms with E-state index in [1.54, 1.807) is 17.0 Å². The van der Waals surface area contributed by atoms with Crippen LogP contribution in [0.3, 0.4) is 0 Å². The predicted molar refractivity (Wildman–Crippen MR) is 155 cm³/mol. The number of amides is 2. The second kappa shape index (κ2) is 13.7. The number of carbonyl (C=O) groups excluding carboxylic acids is 2. The van der Waals surface area contributed by atoms with Gasteiger partial charge in [0.25, 0.3) is 0 Å². The number of para-hydroxylation sites is 1. The first-order valence-electron chi connectivity index (χ1n) is 13.7. The highest BCUT2D eigenvalue weighted by atomic mass is 35.5. The van der Waals surface area contributed by atoms with Gasteiger partial charge in [-0.25, -0.2) is 4.39 Å². The lowest BCUT2D eigenvalue weighted by molar-refractivity contribution is -0.131. The molecule has 0 bridgehead atoms. The number of rotatable bonds is 6. The Labute approximate surface area is 236 Å². The molecular weight excluding hydrogens is 513 g/mol. The maximum atomic E-state index is 14.5. The number of hydrogen-bond donors (Lipinski definition) is 0. The Morgan fingerprint density at radius 2 is 1.62 bits per heavy atom. The van der Waals surface area contributed by atoms with Crippen LogP contribution in [0.25, 0.3) is 0 Å². The minimum absolute atomic E-state index is 0.0673. The predicted octanol–water partition coefficient (Wildman–Crippen LogP) is 6.13. The summed E-state index contributed by atoms with van der Waals surface area (Å²) in [7, 11) is 0. The zero-order valence-corrected chi connectivity index (χ0v) is 23.5. The number of hydrogen-bond acceptors (Lipinski definition) is 3. The van der Waals surface area contributed by atoms with Crippen molar-refractivity contribution in [2.45, 2.75) is 52.1 Å². The molecule has 0 spiro atoms. The molecule has 2 amide bonds. The van der Waals surface area contributed by atoms with Crippen molar-refractivity contribution in [1.29, 1.82) is 0 Å². The van der Waals surface area contributed by atoms with Gasteiger partial charge in [-0.05, 0) is 56.0 Å². The van der Waals surface area contributed by atoms with Crippen molar-refractivity contribution in [3.05, 3.63) is 100 Å². The van der Waals surface area contributed by atoms with Crippen LogP contribution in [0.4, 0.5) is 10.1 Å². The average Bonchev–Trinajstić information content (AvgIpc) is 2.97. The number of carbonyl (C=O) groups is 2. The number of aryl methyl sites for hydroxylation is 1. The summed E-state index contributed by atoms with van der Waals surface area (Å²) in [6.07, 6.45) is 1.78. The maximum Gasteiger partial charge on any atom is 0.227 e. The minimum Gasteiger partial charge on any atom is -0.337 e. The van der Waals surface area contributed by atoms with Crippen molar-refractivity contribution >= 4 is 29.1 Å². The van der Waals surface area contributed by atoms with Crippen LogP contribution < -0.4 is 4.90 Å².